The standard InChI is InChI=1S/C2HF3O3S/c3-2(4,5)9(7,8)1-6/h1H. The average Bonchev–Trinajstić information content (AvgIpc) is 1.64. The van der Waals surface area contributed by atoms with E-state index in [4.69, 9.17) is 4.79 Å². The second-order valence-electron chi connectivity index (χ2n) is 1.09. The fourth-order valence-electron chi connectivity index (χ4n) is 0.0546. The molecule has 0 aliphatic carbocycles. The lowest BCUT2D eigenvalue weighted by molar-refractivity contribution is -0.0417. The van der Waals surface area contributed by atoms with Gasteiger partial charge in [0, 0.05) is 0 Å². The highest BCUT2D eigenvalue weighted by molar-refractivity contribution is 8.04. The topological polar surface area (TPSA) is 51.2 Å². The number of rotatable bonds is 1. The molecular formula is C2HF3O3S. The van der Waals surface area contributed by atoms with Gasteiger partial charge in [-0.1, -0.05) is 0 Å². The Hall–Kier alpha value is -0.590. The highest BCUT2D eigenvalue weighted by Crippen LogP contribution is 2.21. The van der Waals surface area contributed by atoms with E-state index < -0.39 is 21.0 Å². The van der Waals surface area contributed by atoms with Gasteiger partial charge in [-0.25, -0.2) is 8.42 Å². The molecule has 7 heteroatoms. The lowest BCUT2D eigenvalue weighted by Crippen LogP contribution is -2.23. The summed E-state index contributed by atoms with van der Waals surface area (Å²) >= 11 is 0. The quantitative estimate of drug-likeness (QED) is 0.514. The van der Waals surface area contributed by atoms with E-state index in [1.165, 1.54) is 0 Å². The smallest absolute Gasteiger partial charge is 0.285 e. The lowest BCUT2D eigenvalue weighted by Gasteiger charge is -1.98. The van der Waals surface area contributed by atoms with Crippen molar-refractivity contribution in [2.75, 3.05) is 0 Å². The molecular weight excluding hydrogens is 161 g/mol. The molecule has 0 aliphatic heterocycles. The molecule has 0 N–H and O–H groups in total. The Labute approximate surface area is 48.4 Å². The maximum atomic E-state index is 11.0. The Balaban J connectivity index is 4.79. The highest BCUT2D eigenvalue weighted by Gasteiger charge is 2.45. The Morgan fingerprint density at radius 1 is 1.22 bits per heavy atom. The van der Waals surface area contributed by atoms with E-state index in [1.54, 1.807) is 0 Å². The van der Waals surface area contributed by atoms with Crippen LogP contribution in [0.3, 0.4) is 0 Å². The summed E-state index contributed by atoms with van der Waals surface area (Å²) < 4.78 is 52.1. The van der Waals surface area contributed by atoms with E-state index >= 15 is 0 Å². The molecule has 0 unspecified atom stereocenters. The molecule has 0 aromatic rings. The zero-order valence-electron chi connectivity index (χ0n) is 3.84. The summed E-state index contributed by atoms with van der Waals surface area (Å²) in [5.41, 5.74) is -6.58. The van der Waals surface area contributed by atoms with E-state index in [2.05, 4.69) is 0 Å². The van der Waals surface area contributed by atoms with E-state index in [0.717, 1.165) is 0 Å². The van der Waals surface area contributed by atoms with Crippen LogP contribution in [-0.4, -0.2) is 19.5 Å². The Morgan fingerprint density at radius 2 is 1.56 bits per heavy atom. The molecule has 0 amide bonds. The SMILES string of the molecule is O=CS(=O)(=O)C(F)(F)F. The molecule has 0 saturated heterocycles. The van der Waals surface area contributed by atoms with Crippen molar-refractivity contribution < 1.29 is 26.4 Å². The van der Waals surface area contributed by atoms with Crippen LogP contribution in [0.15, 0.2) is 0 Å². The Morgan fingerprint density at radius 3 is 1.56 bits per heavy atom. The van der Waals surface area contributed by atoms with Crippen LogP contribution in [0, 0.1) is 0 Å². The first kappa shape index (κ1) is 8.41. The van der Waals surface area contributed by atoms with E-state index in [9.17, 15) is 21.6 Å². The van der Waals surface area contributed by atoms with Gasteiger partial charge in [-0.2, -0.15) is 13.2 Å². The van der Waals surface area contributed by atoms with Crippen molar-refractivity contribution in [3.63, 3.8) is 0 Å². The lowest BCUT2D eigenvalue weighted by atomic mass is 11.6. The molecule has 9 heavy (non-hydrogen) atoms. The normalized spacial score (nSPS) is 13.2. The van der Waals surface area contributed by atoms with Crippen molar-refractivity contribution in [3.05, 3.63) is 0 Å². The summed E-state index contributed by atoms with van der Waals surface area (Å²) in [6.45, 7) is 0. The molecule has 0 rings (SSSR count). The second-order valence-corrected chi connectivity index (χ2v) is 2.83. The molecule has 0 aromatic carbocycles. The predicted molar refractivity (Wildman–Crippen MR) is 21.7 cm³/mol. The molecule has 0 radical (unpaired) electrons. The van der Waals surface area contributed by atoms with Gasteiger partial charge in [0.1, 0.15) is 0 Å². The van der Waals surface area contributed by atoms with Crippen LogP contribution < -0.4 is 0 Å². The van der Waals surface area contributed by atoms with Crippen LogP contribution in [0.1, 0.15) is 0 Å². The van der Waals surface area contributed by atoms with Crippen LogP contribution >= 0.6 is 0 Å². The molecule has 3 nitrogen and oxygen atoms in total. The molecule has 54 valence electrons. The van der Waals surface area contributed by atoms with Crippen LogP contribution in [0.5, 0.6) is 0 Å². The largest absolute Gasteiger partial charge is 0.504 e. The van der Waals surface area contributed by atoms with E-state index in [-0.39, 0.29) is 0 Å². The van der Waals surface area contributed by atoms with Crippen molar-refractivity contribution in [3.8, 4) is 0 Å². The van der Waals surface area contributed by atoms with Gasteiger partial charge < -0.3 is 0 Å². The zero-order valence-corrected chi connectivity index (χ0v) is 4.66. The number of halogens is 3. The number of carbonyl (C=O) groups excluding carboxylic acids is 1. The Bertz CT molecular complexity index is 200. The fourth-order valence-corrected chi connectivity index (χ4v) is 0.164. The van der Waals surface area contributed by atoms with Crippen molar-refractivity contribution in [2.45, 2.75) is 5.51 Å². The monoisotopic (exact) mass is 162 g/mol. The van der Waals surface area contributed by atoms with Gasteiger partial charge in [-0.15, -0.1) is 0 Å². The van der Waals surface area contributed by atoms with Crippen molar-refractivity contribution in [1.29, 1.82) is 0 Å². The maximum absolute atomic E-state index is 11.0. The van der Waals surface area contributed by atoms with Gasteiger partial charge in [-0.05, 0) is 0 Å². The summed E-state index contributed by atoms with van der Waals surface area (Å²) in [7, 11) is -5.52. The molecule has 0 spiro atoms. The highest BCUT2D eigenvalue weighted by atomic mass is 32.2. The van der Waals surface area contributed by atoms with Gasteiger partial charge in [-0.3, -0.25) is 4.79 Å². The first-order valence-corrected chi connectivity index (χ1v) is 3.12. The molecule has 0 heterocycles. The maximum Gasteiger partial charge on any atom is 0.504 e. The van der Waals surface area contributed by atoms with Crippen LogP contribution in [-0.2, 0) is 14.6 Å². The second kappa shape index (κ2) is 1.98. The summed E-state index contributed by atoms with van der Waals surface area (Å²) in [5.74, 6) is 0. The summed E-state index contributed by atoms with van der Waals surface area (Å²) in [5, 5.41) is 0. The van der Waals surface area contributed by atoms with Gasteiger partial charge in [0.15, 0.2) is 0 Å². The van der Waals surface area contributed by atoms with Gasteiger partial charge in [0.2, 0.25) is 5.62 Å². The van der Waals surface area contributed by atoms with E-state index in [0.29, 0.717) is 0 Å². The van der Waals surface area contributed by atoms with Gasteiger partial charge in [0.25, 0.3) is 0 Å². The zero-order chi connectivity index (χ0) is 7.71. The number of carbonyl (C=O) groups is 1. The minimum Gasteiger partial charge on any atom is -0.285 e. The summed E-state index contributed by atoms with van der Waals surface area (Å²) in [6, 6.07) is 0. The fraction of sp³-hybridized carbons (Fsp3) is 0.500. The first-order valence-electron chi connectivity index (χ1n) is 1.58. The van der Waals surface area contributed by atoms with Gasteiger partial charge >= 0.3 is 15.3 Å². The molecule has 0 saturated carbocycles. The molecule has 0 atom stereocenters. The molecule has 0 bridgehead atoms. The van der Waals surface area contributed by atoms with Crippen LogP contribution in [0.2, 0.25) is 0 Å². The third kappa shape index (κ3) is 1.67. The number of alkyl halides is 3. The number of hydrogen-bond acceptors (Lipinski definition) is 3. The third-order valence-corrected chi connectivity index (χ3v) is 1.35. The third-order valence-electron chi connectivity index (χ3n) is 0.449. The van der Waals surface area contributed by atoms with Crippen LogP contribution in [0.4, 0.5) is 13.2 Å². The molecule has 0 aliphatic rings. The minimum atomic E-state index is -5.52. The Kier molecular flexibility index (Phi) is 1.85. The first-order chi connectivity index (χ1) is 3.81. The minimum absolute atomic E-state index is 1.13. The predicted octanol–water partition coefficient (Wildman–Crippen LogP) is 0.111. The van der Waals surface area contributed by atoms with Crippen LogP contribution in [0.25, 0.3) is 0 Å². The van der Waals surface area contributed by atoms with Crippen molar-refractivity contribution >= 4 is 15.5 Å². The summed E-state index contributed by atoms with van der Waals surface area (Å²) in [6.07, 6.45) is 0. The van der Waals surface area contributed by atoms with Crippen molar-refractivity contribution in [1.82, 2.24) is 0 Å². The van der Waals surface area contributed by atoms with Crippen molar-refractivity contribution in [2.24, 2.45) is 0 Å². The van der Waals surface area contributed by atoms with E-state index in [1.807, 2.05) is 0 Å². The molecule has 0 fully saturated rings. The summed E-state index contributed by atoms with van der Waals surface area (Å²) in [4.78, 5) is 9.17. The average molecular weight is 162 g/mol. The van der Waals surface area contributed by atoms with Gasteiger partial charge in [0.05, 0.1) is 0 Å². The number of sulfone groups is 1. The molecule has 0 aromatic heterocycles. The number of hydrogen-bond donors (Lipinski definition) is 0.